The van der Waals surface area contributed by atoms with Gasteiger partial charge in [-0.15, -0.1) is 0 Å². The molecule has 0 aliphatic heterocycles. The van der Waals surface area contributed by atoms with Crippen LogP contribution in [-0.2, 0) is 11.5 Å². The van der Waals surface area contributed by atoms with E-state index in [9.17, 15) is 4.39 Å². The summed E-state index contributed by atoms with van der Waals surface area (Å²) in [7, 11) is 0. The topological polar surface area (TPSA) is 39.9 Å². The lowest BCUT2D eigenvalue weighted by atomic mass is 10.1. The third-order valence-electron chi connectivity index (χ3n) is 3.60. The molecule has 0 spiro atoms. The quantitative estimate of drug-likeness (QED) is 0.390. The minimum Gasteiger partial charge on any atom is -0.358 e. The summed E-state index contributed by atoms with van der Waals surface area (Å²) in [6.07, 6.45) is 1.45. The Morgan fingerprint density at radius 1 is 1.28 bits per heavy atom. The molecule has 0 saturated heterocycles. The highest BCUT2D eigenvalue weighted by atomic mass is 79.9. The van der Waals surface area contributed by atoms with Gasteiger partial charge in [0.25, 0.3) is 0 Å². The molecular weight excluding hydrogens is 405 g/mol. The van der Waals surface area contributed by atoms with E-state index in [-0.39, 0.29) is 0 Å². The van der Waals surface area contributed by atoms with Gasteiger partial charge in [0.05, 0.1) is 12.1 Å². The minimum atomic E-state index is -0.517. The molecule has 2 aromatic heterocycles. The first-order chi connectivity index (χ1) is 12.0. The van der Waals surface area contributed by atoms with Crippen LogP contribution in [0.4, 0.5) is 4.39 Å². The van der Waals surface area contributed by atoms with Crippen molar-refractivity contribution in [2.24, 2.45) is 0 Å². The first-order valence-corrected chi connectivity index (χ1v) is 9.86. The van der Waals surface area contributed by atoms with Crippen LogP contribution in [0.1, 0.15) is 13.8 Å². The molecule has 4 nitrogen and oxygen atoms in total. The van der Waals surface area contributed by atoms with Crippen molar-refractivity contribution in [2.75, 3.05) is 12.4 Å². The number of aromatic nitrogens is 3. The van der Waals surface area contributed by atoms with E-state index < -0.39 is 5.95 Å². The van der Waals surface area contributed by atoms with Gasteiger partial charge in [0.1, 0.15) is 12.4 Å². The Morgan fingerprint density at radius 3 is 2.88 bits per heavy atom. The third-order valence-corrected chi connectivity index (χ3v) is 5.17. The van der Waals surface area contributed by atoms with E-state index in [0.29, 0.717) is 24.2 Å². The largest absolute Gasteiger partial charge is 0.358 e. The van der Waals surface area contributed by atoms with Crippen LogP contribution >= 0.6 is 27.7 Å². The number of nitrogens with zero attached hydrogens (tertiary/aromatic N) is 3. The fourth-order valence-electron chi connectivity index (χ4n) is 2.51. The Kier molecular flexibility index (Phi) is 6.09. The number of ether oxygens (including phenoxy) is 1. The Hall–Kier alpha value is -1.44. The van der Waals surface area contributed by atoms with Crippen molar-refractivity contribution in [2.45, 2.75) is 25.8 Å². The second-order valence-corrected chi connectivity index (χ2v) is 8.43. The third kappa shape index (κ3) is 4.59. The lowest BCUT2D eigenvalue weighted by Gasteiger charge is -2.07. The molecule has 0 saturated carbocycles. The molecule has 0 radical (unpaired) electrons. The maximum atomic E-state index is 13.5. The molecule has 2 heterocycles. The van der Waals surface area contributed by atoms with E-state index in [1.54, 1.807) is 6.07 Å². The monoisotopic (exact) mass is 423 g/mol. The summed E-state index contributed by atoms with van der Waals surface area (Å²) in [5.41, 5.74) is 2.37. The zero-order valence-corrected chi connectivity index (χ0v) is 16.5. The zero-order chi connectivity index (χ0) is 17.8. The molecule has 132 valence electrons. The van der Waals surface area contributed by atoms with Crippen LogP contribution in [0, 0.1) is 5.95 Å². The molecule has 0 atom stereocenters. The van der Waals surface area contributed by atoms with Gasteiger partial charge in [-0.1, -0.05) is 29.8 Å². The van der Waals surface area contributed by atoms with Crippen molar-refractivity contribution in [1.82, 2.24) is 14.8 Å². The number of hydrogen-bond donors (Lipinski definition) is 0. The first kappa shape index (κ1) is 18.4. The summed E-state index contributed by atoms with van der Waals surface area (Å²) in [6.45, 7) is 5.37. The van der Waals surface area contributed by atoms with E-state index in [2.05, 4.69) is 39.9 Å². The fraction of sp³-hybridized carbons (Fsp3) is 0.333. The molecule has 0 aliphatic carbocycles. The zero-order valence-electron chi connectivity index (χ0n) is 14.1. The maximum Gasteiger partial charge on any atom is 0.213 e. The fourth-order valence-corrected chi connectivity index (χ4v) is 3.55. The number of fused-ring (bicyclic) bond motifs is 1. The van der Waals surface area contributed by atoms with Crippen molar-refractivity contribution in [1.29, 1.82) is 0 Å². The predicted octanol–water partition coefficient (Wildman–Crippen LogP) is 5.12. The second-order valence-electron chi connectivity index (χ2n) is 5.83. The van der Waals surface area contributed by atoms with Gasteiger partial charge in [0, 0.05) is 33.4 Å². The lowest BCUT2D eigenvalue weighted by molar-refractivity contribution is 0.0844. The number of benzene rings is 1. The number of hydrogen-bond acceptors (Lipinski definition) is 4. The van der Waals surface area contributed by atoms with Crippen LogP contribution in [-0.4, -0.2) is 32.4 Å². The Morgan fingerprint density at radius 2 is 2.12 bits per heavy atom. The van der Waals surface area contributed by atoms with Crippen LogP contribution in [0.2, 0.25) is 0 Å². The average molecular weight is 424 g/mol. The van der Waals surface area contributed by atoms with E-state index >= 15 is 0 Å². The highest BCUT2D eigenvalue weighted by Crippen LogP contribution is 2.30. The van der Waals surface area contributed by atoms with Crippen molar-refractivity contribution in [3.05, 3.63) is 46.9 Å². The Labute approximate surface area is 158 Å². The van der Waals surface area contributed by atoms with Crippen molar-refractivity contribution < 1.29 is 9.13 Å². The summed E-state index contributed by atoms with van der Waals surface area (Å²) in [5, 5.41) is 6.19. The second kappa shape index (κ2) is 8.29. The molecule has 3 rings (SSSR count). The summed E-state index contributed by atoms with van der Waals surface area (Å²) in [5.74, 6) is 0.433. The lowest BCUT2D eigenvalue weighted by Crippen LogP contribution is -2.07. The van der Waals surface area contributed by atoms with Gasteiger partial charge in [-0.25, -0.2) is 9.67 Å². The SMILES string of the molecule is CC(C)SCCOCn1nc(-c2ccnc(F)c2)c2cc(Br)ccc21. The van der Waals surface area contributed by atoms with E-state index in [1.165, 1.54) is 12.3 Å². The van der Waals surface area contributed by atoms with Crippen LogP contribution in [0.25, 0.3) is 22.2 Å². The molecule has 25 heavy (non-hydrogen) atoms. The number of halogens is 2. The molecule has 0 unspecified atom stereocenters. The Bertz CT molecular complexity index is 869. The molecule has 7 heteroatoms. The molecule has 0 aliphatic rings. The molecule has 0 bridgehead atoms. The first-order valence-electron chi connectivity index (χ1n) is 8.02. The van der Waals surface area contributed by atoms with Gasteiger partial charge >= 0.3 is 0 Å². The maximum absolute atomic E-state index is 13.5. The smallest absolute Gasteiger partial charge is 0.213 e. The molecule has 0 N–H and O–H groups in total. The Balaban J connectivity index is 1.87. The van der Waals surface area contributed by atoms with Crippen LogP contribution in [0.5, 0.6) is 0 Å². The van der Waals surface area contributed by atoms with Gasteiger partial charge in [0.2, 0.25) is 5.95 Å². The normalized spacial score (nSPS) is 11.6. The van der Waals surface area contributed by atoms with Gasteiger partial charge in [-0.2, -0.15) is 21.3 Å². The van der Waals surface area contributed by atoms with Gasteiger partial charge in [0.15, 0.2) is 0 Å². The average Bonchev–Trinajstić information content (AvgIpc) is 2.92. The molecule has 3 aromatic rings. The minimum absolute atomic E-state index is 0.365. The molecule has 1 aromatic carbocycles. The summed E-state index contributed by atoms with van der Waals surface area (Å²) in [4.78, 5) is 3.62. The van der Waals surface area contributed by atoms with Gasteiger partial charge in [-0.05, 0) is 29.5 Å². The summed E-state index contributed by atoms with van der Waals surface area (Å²) in [6, 6.07) is 9.09. The highest BCUT2D eigenvalue weighted by Gasteiger charge is 2.13. The number of rotatable bonds is 7. The van der Waals surface area contributed by atoms with E-state index in [4.69, 9.17) is 4.74 Å². The molecule has 0 amide bonds. The van der Waals surface area contributed by atoms with Gasteiger partial charge < -0.3 is 4.74 Å². The van der Waals surface area contributed by atoms with Crippen molar-refractivity contribution in [3.8, 4) is 11.3 Å². The summed E-state index contributed by atoms with van der Waals surface area (Å²) >= 11 is 5.36. The van der Waals surface area contributed by atoms with Gasteiger partial charge in [-0.3, -0.25) is 0 Å². The van der Waals surface area contributed by atoms with E-state index in [1.807, 2.05) is 34.6 Å². The molecular formula is C18H19BrFN3OS. The van der Waals surface area contributed by atoms with E-state index in [0.717, 1.165) is 26.8 Å². The highest BCUT2D eigenvalue weighted by molar-refractivity contribution is 9.10. The van der Waals surface area contributed by atoms with Crippen LogP contribution in [0.15, 0.2) is 41.0 Å². The standard InChI is InChI=1S/C18H19BrFN3OS/c1-12(2)25-8-7-24-11-23-16-4-3-14(19)10-15(16)18(22-23)13-5-6-21-17(20)9-13/h3-6,9-10,12H,7-8,11H2,1-2H3. The predicted molar refractivity (Wildman–Crippen MR) is 104 cm³/mol. The van der Waals surface area contributed by atoms with Crippen molar-refractivity contribution in [3.63, 3.8) is 0 Å². The molecule has 0 fully saturated rings. The summed E-state index contributed by atoms with van der Waals surface area (Å²) < 4.78 is 22.0. The van der Waals surface area contributed by atoms with Crippen molar-refractivity contribution >= 4 is 38.6 Å². The number of thioether (sulfide) groups is 1. The van der Waals surface area contributed by atoms with Crippen LogP contribution in [0.3, 0.4) is 0 Å². The van der Waals surface area contributed by atoms with Crippen LogP contribution < -0.4 is 0 Å². The number of pyridine rings is 1.